The van der Waals surface area contributed by atoms with Crippen molar-refractivity contribution in [1.29, 1.82) is 0 Å². The number of nitrogens with zero attached hydrogens (tertiary/aromatic N) is 2. The van der Waals surface area contributed by atoms with E-state index in [4.69, 9.17) is 11.6 Å². The monoisotopic (exact) mass is 393 g/mol. The van der Waals surface area contributed by atoms with Crippen LogP contribution < -0.4 is 5.32 Å². The molecule has 0 radical (unpaired) electrons. The number of thiazole rings is 1. The highest BCUT2D eigenvalue weighted by atomic mass is 35.5. The van der Waals surface area contributed by atoms with Crippen LogP contribution in [0.1, 0.15) is 11.1 Å². The number of nitrogens with one attached hydrogen (secondary N) is 1. The van der Waals surface area contributed by atoms with E-state index in [2.05, 4.69) is 15.3 Å². The molecule has 0 spiro atoms. The van der Waals surface area contributed by atoms with Gasteiger partial charge in [-0.15, -0.1) is 0 Å². The van der Waals surface area contributed by atoms with E-state index in [1.807, 2.05) is 55.5 Å². The third-order valence-electron chi connectivity index (χ3n) is 4.31. The smallest absolute Gasteiger partial charge is 0.228 e. The summed E-state index contributed by atoms with van der Waals surface area (Å²) in [7, 11) is 0. The van der Waals surface area contributed by atoms with E-state index >= 15 is 0 Å². The van der Waals surface area contributed by atoms with Gasteiger partial charge in [-0.05, 0) is 42.3 Å². The third-order valence-corrected chi connectivity index (χ3v) is 5.69. The first-order valence-electron chi connectivity index (χ1n) is 8.46. The molecule has 2 heterocycles. The molecule has 0 fully saturated rings. The second-order valence-corrected chi connectivity index (χ2v) is 7.53. The molecule has 4 aromatic rings. The van der Waals surface area contributed by atoms with Crippen molar-refractivity contribution in [3.8, 4) is 10.6 Å². The van der Waals surface area contributed by atoms with Crippen LogP contribution in [0.5, 0.6) is 0 Å². The number of halogens is 1. The van der Waals surface area contributed by atoms with Gasteiger partial charge in [0.1, 0.15) is 15.4 Å². The lowest BCUT2D eigenvalue weighted by atomic mass is 10.1. The summed E-state index contributed by atoms with van der Waals surface area (Å²) in [6, 6.07) is 17.0. The number of aromatic nitrogens is 2. The zero-order valence-electron chi connectivity index (χ0n) is 14.6. The molecule has 2 aromatic heterocycles. The van der Waals surface area contributed by atoms with Gasteiger partial charge in [-0.3, -0.25) is 4.79 Å². The second kappa shape index (κ2) is 7.47. The maximum Gasteiger partial charge on any atom is 0.228 e. The minimum Gasteiger partial charge on any atom is -0.326 e. The zero-order valence-corrected chi connectivity index (χ0v) is 16.1. The molecule has 0 saturated carbocycles. The molecular formula is C21H16ClN3OS. The SMILES string of the molecule is Cc1c(NC(=O)Cc2ccccc2Cl)cccc1-c1nc2cccnc2s1. The Kier molecular flexibility index (Phi) is 4.88. The fourth-order valence-electron chi connectivity index (χ4n) is 2.90. The molecule has 2 aromatic carbocycles. The molecule has 6 heteroatoms. The van der Waals surface area contributed by atoms with E-state index in [1.54, 1.807) is 23.6 Å². The highest BCUT2D eigenvalue weighted by molar-refractivity contribution is 7.21. The van der Waals surface area contributed by atoms with Crippen LogP contribution in [0, 0.1) is 6.92 Å². The van der Waals surface area contributed by atoms with E-state index in [1.165, 1.54) is 0 Å². The number of rotatable bonds is 4. The lowest BCUT2D eigenvalue weighted by molar-refractivity contribution is -0.115. The summed E-state index contributed by atoms with van der Waals surface area (Å²) in [6.45, 7) is 1.99. The van der Waals surface area contributed by atoms with Crippen molar-refractivity contribution in [1.82, 2.24) is 9.97 Å². The topological polar surface area (TPSA) is 54.9 Å². The van der Waals surface area contributed by atoms with Gasteiger partial charge in [0.25, 0.3) is 0 Å². The normalized spacial score (nSPS) is 10.9. The zero-order chi connectivity index (χ0) is 18.8. The highest BCUT2D eigenvalue weighted by Gasteiger charge is 2.14. The minimum absolute atomic E-state index is 0.102. The molecule has 1 N–H and O–H groups in total. The second-order valence-electron chi connectivity index (χ2n) is 6.14. The Balaban J connectivity index is 1.60. The number of pyridine rings is 1. The summed E-state index contributed by atoms with van der Waals surface area (Å²) in [5, 5.41) is 4.48. The van der Waals surface area contributed by atoms with Gasteiger partial charge in [-0.2, -0.15) is 0 Å². The standard InChI is InChI=1S/C21H16ClN3OS/c1-13-15(20-25-18-10-5-11-23-21(18)27-20)7-4-9-17(13)24-19(26)12-14-6-2-3-8-16(14)22/h2-11H,12H2,1H3,(H,24,26). The van der Waals surface area contributed by atoms with Crippen molar-refractivity contribution < 1.29 is 4.79 Å². The van der Waals surface area contributed by atoms with Gasteiger partial charge in [0.05, 0.1) is 6.42 Å². The molecule has 0 atom stereocenters. The quantitative estimate of drug-likeness (QED) is 0.498. The lowest BCUT2D eigenvalue weighted by Crippen LogP contribution is -2.15. The summed E-state index contributed by atoms with van der Waals surface area (Å²) in [5.41, 5.74) is 4.43. The van der Waals surface area contributed by atoms with Crippen molar-refractivity contribution in [3.05, 3.63) is 76.9 Å². The molecule has 4 nitrogen and oxygen atoms in total. The van der Waals surface area contributed by atoms with Gasteiger partial charge >= 0.3 is 0 Å². The van der Waals surface area contributed by atoms with Crippen molar-refractivity contribution in [2.45, 2.75) is 13.3 Å². The number of benzene rings is 2. The first kappa shape index (κ1) is 17.6. The van der Waals surface area contributed by atoms with E-state index in [0.29, 0.717) is 5.02 Å². The van der Waals surface area contributed by atoms with Gasteiger partial charge in [-0.1, -0.05) is 53.3 Å². The maximum atomic E-state index is 12.5. The molecular weight excluding hydrogens is 378 g/mol. The van der Waals surface area contributed by atoms with Crippen LogP contribution in [0.4, 0.5) is 5.69 Å². The molecule has 0 aliphatic carbocycles. The summed E-state index contributed by atoms with van der Waals surface area (Å²) in [5.74, 6) is -0.102. The van der Waals surface area contributed by atoms with E-state index in [9.17, 15) is 4.79 Å². The maximum absolute atomic E-state index is 12.5. The van der Waals surface area contributed by atoms with E-state index in [0.717, 1.165) is 37.7 Å². The molecule has 134 valence electrons. The van der Waals surface area contributed by atoms with Crippen LogP contribution in [0.15, 0.2) is 60.8 Å². The summed E-state index contributed by atoms with van der Waals surface area (Å²) in [6.07, 6.45) is 2.00. The Morgan fingerprint density at radius 3 is 2.78 bits per heavy atom. The van der Waals surface area contributed by atoms with Gasteiger partial charge in [0, 0.05) is 22.5 Å². The first-order valence-corrected chi connectivity index (χ1v) is 9.66. The van der Waals surface area contributed by atoms with Gasteiger partial charge < -0.3 is 5.32 Å². The molecule has 1 amide bonds. The Bertz CT molecular complexity index is 1110. The number of hydrogen-bond acceptors (Lipinski definition) is 4. The number of carbonyl (C=O) groups excluding carboxylic acids is 1. The molecule has 0 saturated heterocycles. The average Bonchev–Trinajstić information content (AvgIpc) is 3.09. The van der Waals surface area contributed by atoms with Crippen LogP contribution in [0.25, 0.3) is 20.9 Å². The number of fused-ring (bicyclic) bond motifs is 1. The molecule has 0 aliphatic heterocycles. The van der Waals surface area contributed by atoms with Crippen LogP contribution >= 0.6 is 22.9 Å². The molecule has 0 bridgehead atoms. The van der Waals surface area contributed by atoms with Crippen LogP contribution in [-0.2, 0) is 11.2 Å². The highest BCUT2D eigenvalue weighted by Crippen LogP contribution is 2.33. The van der Waals surface area contributed by atoms with Crippen LogP contribution in [-0.4, -0.2) is 15.9 Å². The summed E-state index contributed by atoms with van der Waals surface area (Å²) >= 11 is 7.70. The van der Waals surface area contributed by atoms with Gasteiger partial charge in [-0.25, -0.2) is 9.97 Å². The van der Waals surface area contributed by atoms with E-state index in [-0.39, 0.29) is 12.3 Å². The fraction of sp³-hybridized carbons (Fsp3) is 0.0952. The number of carbonyl (C=O) groups is 1. The number of amides is 1. The first-order chi connectivity index (χ1) is 13.1. The average molecular weight is 394 g/mol. The third kappa shape index (κ3) is 3.70. The molecule has 0 aliphatic rings. The molecule has 0 unspecified atom stereocenters. The Hall–Kier alpha value is -2.76. The number of anilines is 1. The molecule has 4 rings (SSSR count). The van der Waals surface area contributed by atoms with Crippen molar-refractivity contribution >= 4 is 44.9 Å². The largest absolute Gasteiger partial charge is 0.326 e. The van der Waals surface area contributed by atoms with Crippen molar-refractivity contribution in [3.63, 3.8) is 0 Å². The van der Waals surface area contributed by atoms with Gasteiger partial charge in [0.15, 0.2) is 0 Å². The molecule has 27 heavy (non-hydrogen) atoms. The Morgan fingerprint density at radius 2 is 1.96 bits per heavy atom. The van der Waals surface area contributed by atoms with Crippen molar-refractivity contribution in [2.24, 2.45) is 0 Å². The van der Waals surface area contributed by atoms with Gasteiger partial charge in [0.2, 0.25) is 5.91 Å². The number of hydrogen-bond donors (Lipinski definition) is 1. The van der Waals surface area contributed by atoms with E-state index < -0.39 is 0 Å². The predicted molar refractivity (Wildman–Crippen MR) is 111 cm³/mol. The lowest BCUT2D eigenvalue weighted by Gasteiger charge is -2.11. The van der Waals surface area contributed by atoms with Crippen LogP contribution in [0.2, 0.25) is 5.02 Å². The summed E-state index contributed by atoms with van der Waals surface area (Å²) < 4.78 is 0. The minimum atomic E-state index is -0.102. The predicted octanol–water partition coefficient (Wildman–Crippen LogP) is 5.50. The Morgan fingerprint density at radius 1 is 1.11 bits per heavy atom. The fourth-order valence-corrected chi connectivity index (χ4v) is 4.09. The van der Waals surface area contributed by atoms with Crippen LogP contribution in [0.3, 0.4) is 0 Å². The Labute approximate surface area is 165 Å². The summed E-state index contributed by atoms with van der Waals surface area (Å²) in [4.78, 5) is 22.4. The van der Waals surface area contributed by atoms with Crippen molar-refractivity contribution in [2.75, 3.05) is 5.32 Å².